The molecule has 0 saturated carbocycles. The van der Waals surface area contributed by atoms with E-state index in [4.69, 9.17) is 10.7 Å². The number of hydrogen-bond acceptors (Lipinski definition) is 8. The van der Waals surface area contributed by atoms with Gasteiger partial charge in [-0.25, -0.2) is 9.78 Å². The number of hydrogen-bond donors (Lipinski definition) is 5. The Balaban J connectivity index is 1.67. The second kappa shape index (κ2) is 9.47. The summed E-state index contributed by atoms with van der Waals surface area (Å²) in [7, 11) is 0. The van der Waals surface area contributed by atoms with Gasteiger partial charge in [-0.3, -0.25) is 14.6 Å². The van der Waals surface area contributed by atoms with E-state index >= 15 is 0 Å². The number of aromatic nitrogens is 2. The molecule has 2 amide bonds. The van der Waals surface area contributed by atoms with Gasteiger partial charge >= 0.3 is 5.97 Å². The van der Waals surface area contributed by atoms with Crippen LogP contribution in [0.15, 0.2) is 96.6 Å². The van der Waals surface area contributed by atoms with Crippen molar-refractivity contribution in [2.45, 2.75) is 11.1 Å². The predicted octanol–water partition coefficient (Wildman–Crippen LogP) is 4.14. The van der Waals surface area contributed by atoms with E-state index in [9.17, 15) is 19.5 Å². The van der Waals surface area contributed by atoms with Gasteiger partial charge in [0.15, 0.2) is 16.2 Å². The van der Waals surface area contributed by atoms with Crippen LogP contribution in [0.2, 0.25) is 0 Å². The molecule has 0 spiro atoms. The molecule has 0 radical (unpaired) electrons. The summed E-state index contributed by atoms with van der Waals surface area (Å²) in [5.41, 5.74) is 3.72. The number of pyridine rings is 1. The Bertz CT molecular complexity index is 1780. The first-order valence-electron chi connectivity index (χ1n) is 12.2. The fraction of sp³-hybridized carbons (Fsp3) is 0.0690. The molecule has 1 aliphatic rings. The van der Waals surface area contributed by atoms with Crippen molar-refractivity contribution in [1.82, 2.24) is 9.97 Å². The highest BCUT2D eigenvalue weighted by Gasteiger charge is 2.66. The molecule has 2 unspecified atom stereocenters. The van der Waals surface area contributed by atoms with Gasteiger partial charge in [0, 0.05) is 23.2 Å². The molecule has 3 heterocycles. The summed E-state index contributed by atoms with van der Waals surface area (Å²) in [4.78, 5) is 49.0. The Morgan fingerprint density at radius 3 is 2.33 bits per heavy atom. The Hall–Kier alpha value is -5.29. The smallest absolute Gasteiger partial charge is 0.335 e. The number of aromatic carboxylic acids is 1. The van der Waals surface area contributed by atoms with E-state index in [1.807, 2.05) is 24.3 Å². The molecule has 0 aliphatic carbocycles. The number of benzene rings is 3. The molecular formula is C29H22N6O4S. The topological polar surface area (TPSA) is 159 Å². The third-order valence-corrected chi connectivity index (χ3v) is 7.75. The summed E-state index contributed by atoms with van der Waals surface area (Å²) >= 11 is 1.19. The number of thiazole rings is 1. The number of nitrogens with two attached hydrogens (primary N) is 1. The lowest BCUT2D eigenvalue weighted by Gasteiger charge is -2.45. The van der Waals surface area contributed by atoms with Crippen molar-refractivity contribution in [2.24, 2.45) is 5.73 Å². The minimum Gasteiger partial charge on any atom is -0.478 e. The Labute approximate surface area is 231 Å². The van der Waals surface area contributed by atoms with Gasteiger partial charge in [-0.05, 0) is 35.2 Å². The van der Waals surface area contributed by atoms with Gasteiger partial charge in [0.25, 0.3) is 5.91 Å². The van der Waals surface area contributed by atoms with Crippen molar-refractivity contribution in [2.75, 3.05) is 16.0 Å². The maximum atomic E-state index is 14.5. The zero-order chi connectivity index (χ0) is 27.9. The van der Waals surface area contributed by atoms with Crippen LogP contribution in [0.1, 0.15) is 21.6 Å². The number of carboxylic acid groups (broad SMARTS) is 1. The lowest BCUT2D eigenvalue weighted by Crippen LogP contribution is -2.68. The first-order valence-corrected chi connectivity index (χ1v) is 13.1. The van der Waals surface area contributed by atoms with Crippen molar-refractivity contribution < 1.29 is 19.5 Å². The van der Waals surface area contributed by atoms with Gasteiger partial charge < -0.3 is 26.8 Å². The molecule has 6 N–H and O–H groups in total. The molecule has 5 aromatic rings. The molecule has 0 saturated heterocycles. The summed E-state index contributed by atoms with van der Waals surface area (Å²) in [6.45, 7) is 0. The first-order chi connectivity index (χ1) is 19.3. The largest absolute Gasteiger partial charge is 0.478 e. The number of carbonyl (C=O) groups excluding carboxylic acids is 2. The van der Waals surface area contributed by atoms with Crippen molar-refractivity contribution in [1.29, 1.82) is 0 Å². The van der Waals surface area contributed by atoms with E-state index < -0.39 is 28.9 Å². The van der Waals surface area contributed by atoms with Crippen LogP contribution >= 0.6 is 11.3 Å². The number of nitrogens with one attached hydrogen (secondary N) is 3. The number of carbonyl (C=O) groups is 3. The molecule has 0 bridgehead atoms. The zero-order valence-electron chi connectivity index (χ0n) is 20.8. The van der Waals surface area contributed by atoms with Crippen LogP contribution in [0.4, 0.5) is 16.5 Å². The van der Waals surface area contributed by atoms with Gasteiger partial charge in [0.05, 0.1) is 22.6 Å². The second-order valence-electron chi connectivity index (χ2n) is 9.25. The van der Waals surface area contributed by atoms with Crippen LogP contribution in [-0.2, 0) is 20.7 Å². The van der Waals surface area contributed by atoms with E-state index in [0.717, 1.165) is 10.8 Å². The normalized spacial score (nSPS) is 17.2. The Kier molecular flexibility index (Phi) is 5.92. The van der Waals surface area contributed by atoms with Crippen LogP contribution in [0.5, 0.6) is 0 Å². The second-order valence-corrected chi connectivity index (χ2v) is 10.1. The molecule has 198 valence electrons. The fourth-order valence-electron chi connectivity index (χ4n) is 5.24. The molecule has 40 heavy (non-hydrogen) atoms. The number of rotatable bonds is 7. The molecular weight excluding hydrogens is 528 g/mol. The third-order valence-electron chi connectivity index (χ3n) is 7.06. The summed E-state index contributed by atoms with van der Waals surface area (Å²) in [5, 5.41) is 22.7. The van der Waals surface area contributed by atoms with Gasteiger partial charge in [-0.15, -0.1) is 11.3 Å². The highest BCUT2D eigenvalue weighted by Crippen LogP contribution is 2.51. The van der Waals surface area contributed by atoms with Crippen molar-refractivity contribution >= 4 is 56.4 Å². The van der Waals surface area contributed by atoms with E-state index in [0.29, 0.717) is 11.4 Å². The molecule has 6 rings (SSSR count). The van der Waals surface area contributed by atoms with Crippen LogP contribution in [0.3, 0.4) is 0 Å². The summed E-state index contributed by atoms with van der Waals surface area (Å²) in [6, 6.07) is 22.2. The van der Waals surface area contributed by atoms with Crippen molar-refractivity contribution in [3.8, 4) is 0 Å². The van der Waals surface area contributed by atoms with Crippen LogP contribution in [-0.4, -0.2) is 32.9 Å². The summed E-state index contributed by atoms with van der Waals surface area (Å²) in [5.74, 6) is -2.84. The maximum absolute atomic E-state index is 14.5. The van der Waals surface area contributed by atoms with E-state index in [1.54, 1.807) is 54.0 Å². The SMILES string of the molecule is NC(=O)C(C(=O)Nc1nccs1)(c1ccccc1)C1(c2cc3ccccc3cn2)Nc2ccc(C(=O)O)cc2N1. The highest BCUT2D eigenvalue weighted by atomic mass is 32.1. The molecule has 11 heteroatoms. The molecule has 0 fully saturated rings. The van der Waals surface area contributed by atoms with Crippen molar-refractivity contribution in [3.63, 3.8) is 0 Å². The number of fused-ring (bicyclic) bond motifs is 2. The van der Waals surface area contributed by atoms with Gasteiger partial charge in [-0.2, -0.15) is 0 Å². The third kappa shape index (κ3) is 3.75. The van der Waals surface area contributed by atoms with E-state index in [2.05, 4.69) is 20.9 Å². The minimum atomic E-state index is -2.15. The first kappa shape index (κ1) is 25.0. The summed E-state index contributed by atoms with van der Waals surface area (Å²) < 4.78 is 0. The molecule has 1 aliphatic heterocycles. The van der Waals surface area contributed by atoms with E-state index in [-0.39, 0.29) is 22.0 Å². The predicted molar refractivity (Wildman–Crippen MR) is 152 cm³/mol. The Morgan fingerprint density at radius 1 is 0.900 bits per heavy atom. The van der Waals surface area contributed by atoms with Gasteiger partial charge in [0.2, 0.25) is 5.91 Å². The monoisotopic (exact) mass is 550 g/mol. The number of amides is 2. The lowest BCUT2D eigenvalue weighted by atomic mass is 9.66. The van der Waals surface area contributed by atoms with Gasteiger partial charge in [-0.1, -0.05) is 54.6 Å². The lowest BCUT2D eigenvalue weighted by molar-refractivity contribution is -0.135. The Morgan fingerprint density at radius 2 is 1.62 bits per heavy atom. The van der Waals surface area contributed by atoms with Crippen LogP contribution in [0, 0.1) is 0 Å². The quantitative estimate of drug-likeness (QED) is 0.189. The molecule has 2 aromatic heterocycles. The van der Waals surface area contributed by atoms with Crippen LogP contribution < -0.4 is 21.7 Å². The maximum Gasteiger partial charge on any atom is 0.335 e. The van der Waals surface area contributed by atoms with Crippen LogP contribution in [0.25, 0.3) is 10.8 Å². The number of nitrogens with zero attached hydrogens (tertiary/aromatic N) is 2. The number of primary amides is 1. The number of anilines is 3. The molecule has 2 atom stereocenters. The highest BCUT2D eigenvalue weighted by molar-refractivity contribution is 7.13. The fourth-order valence-corrected chi connectivity index (χ4v) is 5.77. The molecule has 10 nitrogen and oxygen atoms in total. The summed E-state index contributed by atoms with van der Waals surface area (Å²) in [6.07, 6.45) is 3.18. The van der Waals surface area contributed by atoms with Crippen molar-refractivity contribution in [3.05, 3.63) is 113 Å². The van der Waals surface area contributed by atoms with E-state index in [1.165, 1.54) is 29.7 Å². The van der Waals surface area contributed by atoms with Gasteiger partial charge in [0.1, 0.15) is 0 Å². The average Bonchev–Trinajstić information content (AvgIpc) is 3.61. The minimum absolute atomic E-state index is 0.0203. The standard InChI is InChI=1S/C29H22N6O4S/c30-25(38)28(20-8-2-1-3-9-20,26(39)33-27-31-12-13-40-27)29(23-15-17-6-4-5-7-19(17)16-32-23)34-21-11-10-18(24(36)37)14-22(21)35-29/h1-16,34-35H,(H2,30,38)(H,36,37)(H,31,33,39). The number of carboxylic acids is 1. The zero-order valence-corrected chi connectivity index (χ0v) is 21.6. The average molecular weight is 551 g/mol. The molecule has 3 aromatic carbocycles.